The normalized spacial score (nSPS) is 29.1. The molecule has 5 saturated heterocycles. The molecule has 0 aromatic carbocycles. The van der Waals surface area contributed by atoms with E-state index in [0.717, 1.165) is 16.2 Å². The smallest absolute Gasteiger partial charge is 0.383 e. The molecule has 44 nitrogen and oxygen atoms in total. The number of thiol groups is 1. The molecule has 12 heterocycles. The van der Waals surface area contributed by atoms with Crippen molar-refractivity contribution in [3.8, 4) is 0 Å². The quantitative estimate of drug-likeness (QED) is 0.0215. The molecule has 592 valence electrons. The van der Waals surface area contributed by atoms with Gasteiger partial charge in [0.15, 0.2) is 22.3 Å². The first-order valence-electron chi connectivity index (χ1n) is 32.7. The number of nitrogens with zero attached hydrogens (tertiary/aromatic N) is 10. The molecular formula is C54H74N17O27P5S5. The zero-order valence-electron chi connectivity index (χ0n) is 57.2. The minimum atomic E-state index is -4.75. The van der Waals surface area contributed by atoms with Gasteiger partial charge in [-0.3, -0.25) is 71.0 Å². The maximum absolute atomic E-state index is 14.8. The molecular weight excluding hydrogens is 1630 g/mol. The molecule has 21 atom stereocenters. The van der Waals surface area contributed by atoms with Gasteiger partial charge in [-0.25, -0.2) is 28.9 Å². The SMILES string of the molecule is CCC(C)[C@@H]1C[C@H](n2ccc(N)nc2=O)OC1COP(O)(=S)O[C@@H]1C[C@H](n2cc(C)c(=O)[nH]c2=O)OC1COP(=O)(S)O[C@@H]1C[C@H](n2cnc3c(=O)[nH]c(N)nc32)OC1COP(O)(=S)O[C@@H]1C[C@H](n2cc(C)c(=O)[nH]c2=O)OC1COP(O)(=S)O[C@@H]1C[C@H](n2cnc3c(=O)[nH]c(N)nc32)OC1COP(O)(=S)OC. The summed E-state index contributed by atoms with van der Waals surface area (Å²) >= 11 is 26.1. The molecule has 0 bridgehead atoms. The molecule has 0 radical (unpaired) electrons. The summed E-state index contributed by atoms with van der Waals surface area (Å²) in [4.78, 5) is 166. The largest absolute Gasteiger partial charge is 0.386 e. The van der Waals surface area contributed by atoms with Crippen LogP contribution >= 0.6 is 45.9 Å². The standard InChI is InChI=1S/C54H74N17O27P5S5/c1-6-23(2)26-9-37(67-8-7-36(55)60-52(67)76)90-31(26)16-86-100(80,105)95-27-10-38(68-14-24(3)46(72)65-53(68)77)91-33(27)18-88-103(83,108)98-30-13-41(71-22-59-43-45(71)62-51(57)64-49(43)75)94-35(30)20-89-101(81,106)96-28-11-39(69-15-25(4)47(73)66-54(69)78)92-34(28)19-87-102(82,107)97-29-12-40(93-32(29)17-85-99(79,104)84-5)70-21-58-42-44(70)61-50(56)63-48(42)74/h7-8,14-15,21-23,26-35,37-41H,6,9-13,16-20H2,1-5H3,(H,79,104)(H,80,105)(H,81,106)(H,82,107)(H,83,108)(H2,55,60,76)(H,65,72,77)(H,66,73,78)(H3,56,61,63,74)(H3,57,62,64,75)/t23?,26-,27+,28+,29+,30+,31?,32?,33?,34?,35?,37+,38+,39+,40+,41+,99?,100?,101?,102?,103?/m0/s1. The monoisotopic (exact) mass is 1710 g/mol. The topological polar surface area (TPSA) is 586 Å². The van der Waals surface area contributed by atoms with E-state index in [4.69, 9.17) is 133 Å². The van der Waals surface area contributed by atoms with Gasteiger partial charge in [0.2, 0.25) is 11.9 Å². The van der Waals surface area contributed by atoms with Gasteiger partial charge in [0.25, 0.3) is 22.2 Å². The molecule has 5 aliphatic rings. The van der Waals surface area contributed by atoms with Crippen LogP contribution < -0.4 is 56.5 Å². The molecule has 11 unspecified atom stereocenters. The Kier molecular flexibility index (Phi) is 25.2. The molecule has 54 heteroatoms. The molecule has 0 amide bonds. The summed E-state index contributed by atoms with van der Waals surface area (Å²) in [6, 6.07) is 1.45. The zero-order valence-corrected chi connectivity index (χ0v) is 65.8. The van der Waals surface area contributed by atoms with Gasteiger partial charge in [-0.1, -0.05) is 32.5 Å². The number of nitrogens with one attached hydrogen (secondary N) is 4. The summed E-state index contributed by atoms with van der Waals surface area (Å²) in [7, 11) is 1.12. The molecule has 12 rings (SSSR count). The van der Waals surface area contributed by atoms with Crippen LogP contribution in [-0.2, 0) is 121 Å². The molecule has 108 heavy (non-hydrogen) atoms. The predicted octanol–water partition coefficient (Wildman–Crippen LogP) is 1.25. The Morgan fingerprint density at radius 3 is 1.31 bits per heavy atom. The summed E-state index contributed by atoms with van der Waals surface area (Å²) in [5.41, 5.74) is 12.2. The maximum Gasteiger partial charge on any atom is 0.386 e. The third-order valence-electron chi connectivity index (χ3n) is 18.3. The van der Waals surface area contributed by atoms with Crippen LogP contribution in [0.2, 0.25) is 0 Å². The Balaban J connectivity index is 0.758. The van der Waals surface area contributed by atoms with Gasteiger partial charge in [0, 0.05) is 62.5 Å². The Morgan fingerprint density at radius 2 is 0.907 bits per heavy atom. The Labute approximate surface area is 633 Å². The number of imidazole rings is 2. The summed E-state index contributed by atoms with van der Waals surface area (Å²) in [6.07, 6.45) is -10.7. The number of ether oxygens (including phenoxy) is 5. The highest BCUT2D eigenvalue weighted by atomic mass is 32.7. The number of H-pyrrole nitrogens is 4. The van der Waals surface area contributed by atoms with Gasteiger partial charge < -0.3 is 96.6 Å². The molecule has 0 saturated carbocycles. The minimum Gasteiger partial charge on any atom is -0.383 e. The van der Waals surface area contributed by atoms with Crippen molar-refractivity contribution in [2.24, 2.45) is 11.8 Å². The van der Waals surface area contributed by atoms with E-state index in [1.54, 1.807) is 0 Å². The molecule has 5 fully saturated rings. The fourth-order valence-corrected chi connectivity index (χ4v) is 19.3. The average Bonchev–Trinajstić information content (AvgIpc) is 1.63. The van der Waals surface area contributed by atoms with Crippen LogP contribution in [0.5, 0.6) is 0 Å². The Bertz CT molecular complexity index is 5240. The Morgan fingerprint density at radius 1 is 0.537 bits per heavy atom. The van der Waals surface area contributed by atoms with Crippen LogP contribution in [0.15, 0.2) is 70.9 Å². The lowest BCUT2D eigenvalue weighted by Gasteiger charge is -2.28. The van der Waals surface area contributed by atoms with E-state index >= 15 is 0 Å². The first kappa shape index (κ1) is 82.2. The fraction of sp³-hybridized carbons (Fsp3) is 0.593. The lowest BCUT2D eigenvalue weighted by Crippen LogP contribution is -2.33. The lowest BCUT2D eigenvalue weighted by atomic mass is 9.86. The zero-order chi connectivity index (χ0) is 77.9. The number of aryl methyl sites for hydroxylation is 2. The molecule has 7 aromatic heterocycles. The van der Waals surface area contributed by atoms with Crippen molar-refractivity contribution in [2.45, 2.75) is 152 Å². The second-order valence-electron chi connectivity index (χ2n) is 25.5. The van der Waals surface area contributed by atoms with E-state index in [9.17, 15) is 57.7 Å². The highest BCUT2D eigenvalue weighted by molar-refractivity contribution is 8.44. The van der Waals surface area contributed by atoms with Gasteiger partial charge in [-0.15, -0.1) is 0 Å². The summed E-state index contributed by atoms with van der Waals surface area (Å²) in [5, 5.41) is 0. The van der Waals surface area contributed by atoms with Crippen LogP contribution in [0.1, 0.15) is 94.6 Å². The van der Waals surface area contributed by atoms with Crippen LogP contribution in [0, 0.1) is 25.7 Å². The first-order valence-corrected chi connectivity index (χ1v) is 45.8. The van der Waals surface area contributed by atoms with E-state index in [-0.39, 0.29) is 95.3 Å². The van der Waals surface area contributed by atoms with Crippen molar-refractivity contribution < 1.29 is 93.1 Å². The number of aromatic nitrogens is 14. The van der Waals surface area contributed by atoms with Gasteiger partial charge in [0.1, 0.15) is 67.5 Å². The van der Waals surface area contributed by atoms with Crippen molar-refractivity contribution in [3.05, 3.63) is 121 Å². The van der Waals surface area contributed by atoms with E-state index in [0.29, 0.717) is 12.8 Å². The van der Waals surface area contributed by atoms with Gasteiger partial charge >= 0.3 is 50.7 Å². The highest BCUT2D eigenvalue weighted by Gasteiger charge is 2.49. The lowest BCUT2D eigenvalue weighted by molar-refractivity contribution is -0.0551. The first-order chi connectivity index (χ1) is 50.8. The second kappa shape index (κ2) is 33.1. The predicted molar refractivity (Wildman–Crippen MR) is 395 cm³/mol. The summed E-state index contributed by atoms with van der Waals surface area (Å²) < 4.78 is 111. The van der Waals surface area contributed by atoms with E-state index in [1.165, 1.54) is 64.9 Å². The Hall–Kier alpha value is -5.24. The molecule has 0 spiro atoms. The summed E-state index contributed by atoms with van der Waals surface area (Å²) in [5.74, 6) is -0.694. The van der Waals surface area contributed by atoms with E-state index in [2.05, 4.69) is 57.1 Å². The van der Waals surface area contributed by atoms with Gasteiger partial charge in [0.05, 0.1) is 70.1 Å². The van der Waals surface area contributed by atoms with Crippen molar-refractivity contribution >= 4 is 133 Å². The summed E-state index contributed by atoms with van der Waals surface area (Å²) in [6.45, 7) is -18.2. The fourth-order valence-electron chi connectivity index (χ4n) is 12.8. The third-order valence-corrected chi connectivity index (χ3v) is 26.4. The maximum atomic E-state index is 14.8. The van der Waals surface area contributed by atoms with Gasteiger partial charge in [-0.2, -0.15) is 15.0 Å². The minimum absolute atomic E-state index is 0.0137. The highest BCUT2D eigenvalue weighted by Crippen LogP contribution is 2.59. The van der Waals surface area contributed by atoms with Gasteiger partial charge in [-0.05, 0) is 85.4 Å². The van der Waals surface area contributed by atoms with Crippen LogP contribution in [-0.4, -0.2) is 182 Å². The number of anilines is 3. The van der Waals surface area contributed by atoms with Crippen molar-refractivity contribution in [1.82, 2.24) is 67.7 Å². The number of hydrogen-bond acceptors (Lipinski definition) is 35. The van der Waals surface area contributed by atoms with Crippen LogP contribution in [0.4, 0.5) is 17.7 Å². The van der Waals surface area contributed by atoms with Crippen molar-refractivity contribution in [2.75, 3.05) is 57.3 Å². The third kappa shape index (κ3) is 19.2. The number of nitrogen functional groups attached to an aromatic ring is 3. The van der Waals surface area contributed by atoms with Crippen LogP contribution in [0.3, 0.4) is 0 Å². The number of hydrogen-bond donors (Lipinski definition) is 12. The molecule has 0 aliphatic carbocycles. The van der Waals surface area contributed by atoms with Crippen LogP contribution in [0.25, 0.3) is 22.3 Å². The molecule has 5 aliphatic heterocycles. The number of fused-ring (bicyclic) bond motifs is 2. The molecule has 14 N–H and O–H groups in total. The second-order valence-corrected chi connectivity index (χ2v) is 39.7. The van der Waals surface area contributed by atoms with E-state index in [1.807, 2.05) is 13.8 Å². The number of aromatic amines is 4. The number of nitrogens with two attached hydrogens (primary N) is 3. The van der Waals surface area contributed by atoms with E-state index < -0.39 is 185 Å². The van der Waals surface area contributed by atoms with Crippen molar-refractivity contribution in [1.29, 1.82) is 0 Å². The number of rotatable bonds is 31. The average molecular weight is 1710 g/mol. The van der Waals surface area contributed by atoms with Crippen molar-refractivity contribution in [3.63, 3.8) is 0 Å². The molecule has 7 aromatic rings.